The molecule has 0 aromatic heterocycles. The maximum absolute atomic E-state index is 13.0. The summed E-state index contributed by atoms with van der Waals surface area (Å²) >= 11 is 0. The number of nitrogens with zero attached hydrogens (tertiary/aromatic N) is 1. The largest absolute Gasteiger partial charge is 0.452 e. The number of carbonyl (C=O) groups is 2. The van der Waals surface area contributed by atoms with Crippen LogP contribution >= 0.6 is 0 Å². The fourth-order valence-electron chi connectivity index (χ4n) is 3.13. The third kappa shape index (κ3) is 3.42. The van der Waals surface area contributed by atoms with E-state index in [4.69, 9.17) is 4.74 Å². The third-order valence-electron chi connectivity index (χ3n) is 4.26. The van der Waals surface area contributed by atoms with Crippen LogP contribution < -0.4 is 4.90 Å². The normalized spacial score (nSPS) is 16.3. The van der Waals surface area contributed by atoms with Gasteiger partial charge in [-0.25, -0.2) is 4.79 Å². The molecule has 1 heterocycles. The van der Waals surface area contributed by atoms with Crippen molar-refractivity contribution in [3.05, 3.63) is 65.2 Å². The van der Waals surface area contributed by atoms with E-state index < -0.39 is 35.8 Å². The molecule has 0 N–H and O–H groups in total. The minimum atomic E-state index is -4.68. The van der Waals surface area contributed by atoms with E-state index in [0.29, 0.717) is 6.42 Å². The van der Waals surface area contributed by atoms with Crippen molar-refractivity contribution in [3.8, 4) is 0 Å². The molecular formula is C19H16F3NO3. The lowest BCUT2D eigenvalue weighted by Gasteiger charge is -2.22. The van der Waals surface area contributed by atoms with Gasteiger partial charge in [0, 0.05) is 11.7 Å². The van der Waals surface area contributed by atoms with Crippen molar-refractivity contribution in [1.29, 1.82) is 0 Å². The number of alkyl halides is 3. The Morgan fingerprint density at radius 1 is 1.12 bits per heavy atom. The SMILES string of the molecule is C[C@@H]1Cc2ccccc2N1C(=O)COC(=O)c1ccccc1C(F)(F)F. The van der Waals surface area contributed by atoms with Crippen LogP contribution in [0.15, 0.2) is 48.5 Å². The number of para-hydroxylation sites is 1. The summed E-state index contributed by atoms with van der Waals surface area (Å²) in [5, 5.41) is 0. The molecule has 0 saturated heterocycles. The predicted molar refractivity (Wildman–Crippen MR) is 88.8 cm³/mol. The van der Waals surface area contributed by atoms with Crippen molar-refractivity contribution in [3.63, 3.8) is 0 Å². The van der Waals surface area contributed by atoms with Crippen LogP contribution in [0.1, 0.15) is 28.4 Å². The summed E-state index contributed by atoms with van der Waals surface area (Å²) in [7, 11) is 0. The van der Waals surface area contributed by atoms with Crippen LogP contribution in [0.2, 0.25) is 0 Å². The Hall–Kier alpha value is -2.83. The Labute approximate surface area is 148 Å². The van der Waals surface area contributed by atoms with Gasteiger partial charge < -0.3 is 9.64 Å². The van der Waals surface area contributed by atoms with E-state index in [2.05, 4.69) is 0 Å². The van der Waals surface area contributed by atoms with Gasteiger partial charge in [-0.2, -0.15) is 13.2 Å². The monoisotopic (exact) mass is 363 g/mol. The number of amides is 1. The number of esters is 1. The first-order valence-electron chi connectivity index (χ1n) is 8.02. The second-order valence-corrected chi connectivity index (χ2v) is 6.07. The minimum absolute atomic E-state index is 0.110. The second-order valence-electron chi connectivity index (χ2n) is 6.07. The average molecular weight is 363 g/mol. The maximum Gasteiger partial charge on any atom is 0.417 e. The molecule has 0 saturated carbocycles. The first kappa shape index (κ1) is 18.0. The Morgan fingerprint density at radius 3 is 2.50 bits per heavy atom. The standard InChI is InChI=1S/C19H16F3NO3/c1-12-10-13-6-2-5-9-16(13)23(12)17(24)11-26-18(25)14-7-3-4-8-15(14)19(20,21)22/h2-9,12H,10-11H2,1H3/t12-/m1/s1. The van der Waals surface area contributed by atoms with Gasteiger partial charge >= 0.3 is 12.1 Å². The van der Waals surface area contributed by atoms with Crippen LogP contribution in [0.25, 0.3) is 0 Å². The number of carbonyl (C=O) groups excluding carboxylic acids is 2. The fourth-order valence-corrected chi connectivity index (χ4v) is 3.13. The van der Waals surface area contributed by atoms with Crippen LogP contribution in [0.4, 0.5) is 18.9 Å². The van der Waals surface area contributed by atoms with Gasteiger partial charge in [-0.05, 0) is 37.1 Å². The Balaban J connectivity index is 1.72. The summed E-state index contributed by atoms with van der Waals surface area (Å²) < 4.78 is 43.8. The van der Waals surface area contributed by atoms with Crippen molar-refractivity contribution in [2.75, 3.05) is 11.5 Å². The second kappa shape index (κ2) is 6.82. The molecule has 3 rings (SSSR count). The number of anilines is 1. The van der Waals surface area contributed by atoms with Crippen molar-refractivity contribution < 1.29 is 27.5 Å². The molecule has 0 bridgehead atoms. The zero-order valence-corrected chi connectivity index (χ0v) is 13.9. The molecule has 2 aromatic carbocycles. The molecule has 0 radical (unpaired) electrons. The highest BCUT2D eigenvalue weighted by Crippen LogP contribution is 2.33. The van der Waals surface area contributed by atoms with E-state index in [1.165, 1.54) is 17.0 Å². The number of benzene rings is 2. The maximum atomic E-state index is 13.0. The van der Waals surface area contributed by atoms with Crippen LogP contribution in [0.5, 0.6) is 0 Å². The quantitative estimate of drug-likeness (QED) is 0.779. The lowest BCUT2D eigenvalue weighted by molar-refractivity contribution is -0.138. The fraction of sp³-hybridized carbons (Fsp3) is 0.263. The van der Waals surface area contributed by atoms with Gasteiger partial charge in [-0.3, -0.25) is 4.79 Å². The lowest BCUT2D eigenvalue weighted by atomic mass is 10.1. The zero-order chi connectivity index (χ0) is 18.9. The molecule has 1 amide bonds. The van der Waals surface area contributed by atoms with Gasteiger partial charge in [0.1, 0.15) is 0 Å². The number of halogens is 3. The highest BCUT2D eigenvalue weighted by molar-refractivity contribution is 5.99. The van der Waals surface area contributed by atoms with Crippen LogP contribution in [0.3, 0.4) is 0 Å². The number of ether oxygens (including phenoxy) is 1. The van der Waals surface area contributed by atoms with Gasteiger partial charge in [-0.15, -0.1) is 0 Å². The summed E-state index contributed by atoms with van der Waals surface area (Å²) in [5.74, 6) is -1.65. The molecule has 0 fully saturated rings. The van der Waals surface area contributed by atoms with E-state index in [-0.39, 0.29) is 6.04 Å². The molecule has 0 spiro atoms. The van der Waals surface area contributed by atoms with E-state index in [1.54, 1.807) is 12.1 Å². The van der Waals surface area contributed by atoms with Crippen molar-refractivity contribution in [2.45, 2.75) is 25.6 Å². The number of rotatable bonds is 3. The molecular weight excluding hydrogens is 347 g/mol. The summed E-state index contributed by atoms with van der Waals surface area (Å²) in [6.45, 7) is 1.24. The highest BCUT2D eigenvalue weighted by atomic mass is 19.4. The predicted octanol–water partition coefficient (Wildman–Crippen LogP) is 3.84. The molecule has 0 aliphatic carbocycles. The molecule has 2 aromatic rings. The van der Waals surface area contributed by atoms with Crippen molar-refractivity contribution in [2.24, 2.45) is 0 Å². The summed E-state index contributed by atoms with van der Waals surface area (Å²) in [6, 6.07) is 11.6. The van der Waals surface area contributed by atoms with Gasteiger partial charge in [0.15, 0.2) is 6.61 Å². The first-order chi connectivity index (χ1) is 12.3. The van der Waals surface area contributed by atoms with Gasteiger partial charge in [0.2, 0.25) is 0 Å². The van der Waals surface area contributed by atoms with Crippen LogP contribution in [-0.4, -0.2) is 24.5 Å². The summed E-state index contributed by atoms with van der Waals surface area (Å²) in [6.07, 6.45) is -4.01. The zero-order valence-electron chi connectivity index (χ0n) is 13.9. The van der Waals surface area contributed by atoms with E-state index in [1.807, 2.05) is 19.1 Å². The Morgan fingerprint density at radius 2 is 1.77 bits per heavy atom. The number of hydrogen-bond acceptors (Lipinski definition) is 3. The smallest absolute Gasteiger partial charge is 0.417 e. The van der Waals surface area contributed by atoms with Crippen molar-refractivity contribution >= 4 is 17.6 Å². The summed E-state index contributed by atoms with van der Waals surface area (Å²) in [4.78, 5) is 26.0. The minimum Gasteiger partial charge on any atom is -0.452 e. The van der Waals surface area contributed by atoms with Crippen LogP contribution in [0, 0.1) is 0 Å². The van der Waals surface area contributed by atoms with Crippen LogP contribution in [-0.2, 0) is 22.1 Å². The van der Waals surface area contributed by atoms with Crippen molar-refractivity contribution in [1.82, 2.24) is 0 Å². The van der Waals surface area contributed by atoms with E-state index in [9.17, 15) is 22.8 Å². The highest BCUT2D eigenvalue weighted by Gasteiger charge is 2.36. The van der Waals surface area contributed by atoms with E-state index in [0.717, 1.165) is 23.4 Å². The third-order valence-corrected chi connectivity index (χ3v) is 4.26. The van der Waals surface area contributed by atoms with Gasteiger partial charge in [-0.1, -0.05) is 30.3 Å². The molecule has 7 heteroatoms. The van der Waals surface area contributed by atoms with Gasteiger partial charge in [0.25, 0.3) is 5.91 Å². The molecule has 136 valence electrons. The Bertz CT molecular complexity index is 848. The molecule has 1 aliphatic rings. The molecule has 26 heavy (non-hydrogen) atoms. The Kier molecular flexibility index (Phi) is 4.71. The lowest BCUT2D eigenvalue weighted by Crippen LogP contribution is -2.38. The number of fused-ring (bicyclic) bond motifs is 1. The molecule has 1 atom stereocenters. The van der Waals surface area contributed by atoms with Gasteiger partial charge in [0.05, 0.1) is 11.1 Å². The summed E-state index contributed by atoms with van der Waals surface area (Å²) in [5.41, 5.74) is 0.0406. The number of hydrogen-bond donors (Lipinski definition) is 0. The first-order valence-corrected chi connectivity index (χ1v) is 8.02. The molecule has 4 nitrogen and oxygen atoms in total. The average Bonchev–Trinajstić information content (AvgIpc) is 2.94. The molecule has 0 unspecified atom stereocenters. The molecule has 1 aliphatic heterocycles. The van der Waals surface area contributed by atoms with E-state index >= 15 is 0 Å². The topological polar surface area (TPSA) is 46.6 Å².